The maximum absolute atomic E-state index is 11.9. The van der Waals surface area contributed by atoms with Crippen LogP contribution in [0.3, 0.4) is 0 Å². The van der Waals surface area contributed by atoms with Gasteiger partial charge < -0.3 is 20.1 Å². The molecule has 1 saturated heterocycles. The maximum Gasteiger partial charge on any atom is 0.0865 e. The van der Waals surface area contributed by atoms with E-state index in [-0.39, 0.29) is 51.5 Å². The Labute approximate surface area is 208 Å². The minimum atomic E-state index is -0.826. The molecule has 3 N–H and O–H groups in total. The molecule has 0 radical (unpaired) electrons. The molecule has 0 amide bonds. The number of fused-ring (bicyclic) bond motifs is 5. The van der Waals surface area contributed by atoms with E-state index in [0.29, 0.717) is 17.8 Å². The van der Waals surface area contributed by atoms with Gasteiger partial charge in [0.15, 0.2) is 0 Å². The first kappa shape index (κ1) is 25.5. The van der Waals surface area contributed by atoms with Crippen LogP contribution in [0.1, 0.15) is 113 Å². The smallest absolute Gasteiger partial charge is 0.0865 e. The van der Waals surface area contributed by atoms with Gasteiger partial charge >= 0.3 is 0 Å². The first-order valence-corrected chi connectivity index (χ1v) is 14.3. The zero-order valence-corrected chi connectivity index (χ0v) is 23.2. The van der Waals surface area contributed by atoms with Gasteiger partial charge in [-0.15, -0.1) is 0 Å². The molecule has 5 rings (SSSR count). The summed E-state index contributed by atoms with van der Waals surface area (Å²) in [5.41, 5.74) is -0.703. The minimum absolute atomic E-state index is 0.0630. The van der Waals surface area contributed by atoms with Gasteiger partial charge in [-0.1, -0.05) is 34.6 Å². The van der Waals surface area contributed by atoms with Crippen molar-refractivity contribution in [2.75, 3.05) is 0 Å². The molecule has 11 atom stereocenters. The number of aliphatic hydroxyl groups excluding tert-OH is 2. The summed E-state index contributed by atoms with van der Waals surface area (Å²) in [4.78, 5) is 0. The third-order valence-corrected chi connectivity index (χ3v) is 13.3. The summed E-state index contributed by atoms with van der Waals surface area (Å²) < 4.78 is 6.66. The third kappa shape index (κ3) is 3.16. The molecule has 4 aliphatic carbocycles. The van der Waals surface area contributed by atoms with Gasteiger partial charge in [-0.3, -0.25) is 0 Å². The van der Waals surface area contributed by atoms with Crippen LogP contribution in [0.25, 0.3) is 0 Å². The van der Waals surface area contributed by atoms with E-state index in [9.17, 15) is 15.3 Å². The summed E-state index contributed by atoms with van der Waals surface area (Å²) in [6.07, 6.45) is 8.72. The predicted molar refractivity (Wildman–Crippen MR) is 135 cm³/mol. The van der Waals surface area contributed by atoms with Crippen LogP contribution in [-0.4, -0.2) is 44.8 Å². The number of aliphatic hydroxyl groups is 3. The van der Waals surface area contributed by atoms with Crippen molar-refractivity contribution >= 4 is 0 Å². The Hall–Kier alpha value is -0.160. The van der Waals surface area contributed by atoms with Gasteiger partial charge in [-0.25, -0.2) is 0 Å². The van der Waals surface area contributed by atoms with Crippen molar-refractivity contribution in [3.63, 3.8) is 0 Å². The zero-order valence-electron chi connectivity index (χ0n) is 23.2. The molecule has 1 heterocycles. The fourth-order valence-corrected chi connectivity index (χ4v) is 11.1. The molecule has 5 fully saturated rings. The molecule has 4 heteroatoms. The lowest BCUT2D eigenvalue weighted by atomic mass is 9.35. The van der Waals surface area contributed by atoms with Crippen LogP contribution < -0.4 is 0 Å². The fourth-order valence-electron chi connectivity index (χ4n) is 11.1. The van der Waals surface area contributed by atoms with Gasteiger partial charge in [-0.2, -0.15) is 0 Å². The van der Waals surface area contributed by atoms with Crippen LogP contribution in [0.5, 0.6) is 0 Å². The minimum Gasteiger partial charge on any atom is -0.393 e. The molecule has 4 nitrogen and oxygen atoms in total. The third-order valence-electron chi connectivity index (χ3n) is 13.3. The van der Waals surface area contributed by atoms with E-state index in [1.165, 1.54) is 12.8 Å². The molecule has 0 bridgehead atoms. The lowest BCUT2D eigenvalue weighted by molar-refractivity contribution is -0.248. The molecule has 0 aromatic carbocycles. The topological polar surface area (TPSA) is 69.9 Å². The van der Waals surface area contributed by atoms with Gasteiger partial charge in [0.05, 0.1) is 29.5 Å². The van der Waals surface area contributed by atoms with E-state index in [2.05, 4.69) is 41.5 Å². The molecule has 4 saturated carbocycles. The molecule has 34 heavy (non-hydrogen) atoms. The lowest BCUT2D eigenvalue weighted by Gasteiger charge is -2.70. The average Bonchev–Trinajstić information content (AvgIpc) is 3.30. The van der Waals surface area contributed by atoms with Crippen LogP contribution >= 0.6 is 0 Å². The molecule has 1 aliphatic heterocycles. The van der Waals surface area contributed by atoms with Crippen LogP contribution in [0.4, 0.5) is 0 Å². The molecular formula is C30H52O4. The van der Waals surface area contributed by atoms with E-state index in [1.807, 2.05) is 13.8 Å². The van der Waals surface area contributed by atoms with E-state index in [4.69, 9.17) is 4.74 Å². The molecule has 5 aliphatic rings. The van der Waals surface area contributed by atoms with Crippen molar-refractivity contribution in [1.82, 2.24) is 0 Å². The number of rotatable bonds is 2. The number of ether oxygens (including phenoxy) is 1. The molecular weight excluding hydrogens is 424 g/mol. The standard InChI is InChI=1S/C30H52O4/c1-25(2)20-10-15-28(6)21(27(20,5)13-11-22(25)32)17-19(31)24-18(9-14-29(24,28)7)30(8)16-12-23(34-30)26(3,4)33/h18-24,31-33H,9-17H2,1-8H3/t18?,19-,20?,21?,22?,23-,24?,27?,28?,29-,30+/m1/s1. The lowest BCUT2D eigenvalue weighted by Crippen LogP contribution is -2.66. The van der Waals surface area contributed by atoms with Crippen LogP contribution in [0, 0.1) is 45.3 Å². The Morgan fingerprint density at radius 2 is 1.41 bits per heavy atom. The molecule has 0 spiro atoms. The Morgan fingerprint density at radius 1 is 0.765 bits per heavy atom. The maximum atomic E-state index is 11.9. The second kappa shape index (κ2) is 7.45. The van der Waals surface area contributed by atoms with Gasteiger partial charge in [0.2, 0.25) is 0 Å². The van der Waals surface area contributed by atoms with Crippen molar-refractivity contribution in [3.8, 4) is 0 Å². The predicted octanol–water partition coefficient (Wildman–Crippen LogP) is 5.71. The zero-order chi connectivity index (χ0) is 25.1. The van der Waals surface area contributed by atoms with Crippen molar-refractivity contribution in [3.05, 3.63) is 0 Å². The number of hydrogen-bond donors (Lipinski definition) is 3. The summed E-state index contributed by atoms with van der Waals surface area (Å²) in [6.45, 7) is 18.1. The van der Waals surface area contributed by atoms with Crippen LogP contribution in [0.2, 0.25) is 0 Å². The van der Waals surface area contributed by atoms with Crippen LogP contribution in [0.15, 0.2) is 0 Å². The summed E-state index contributed by atoms with van der Waals surface area (Å²) in [7, 11) is 0. The van der Waals surface area contributed by atoms with Gasteiger partial charge in [-0.05, 0) is 124 Å². The van der Waals surface area contributed by atoms with Gasteiger partial charge in [0, 0.05) is 0 Å². The fraction of sp³-hybridized carbons (Fsp3) is 1.00. The Morgan fingerprint density at radius 3 is 2.03 bits per heavy atom. The van der Waals surface area contributed by atoms with E-state index >= 15 is 0 Å². The molecule has 0 aromatic heterocycles. The van der Waals surface area contributed by atoms with E-state index < -0.39 is 5.60 Å². The van der Waals surface area contributed by atoms with Crippen molar-refractivity contribution in [2.24, 2.45) is 45.3 Å². The molecule has 196 valence electrons. The highest BCUT2D eigenvalue weighted by atomic mass is 16.5. The van der Waals surface area contributed by atoms with Crippen molar-refractivity contribution in [2.45, 2.75) is 143 Å². The highest BCUT2D eigenvalue weighted by molar-refractivity contribution is 5.20. The summed E-state index contributed by atoms with van der Waals surface area (Å²) >= 11 is 0. The Kier molecular flexibility index (Phi) is 5.59. The Balaban J connectivity index is 1.48. The second-order valence-corrected chi connectivity index (χ2v) is 15.4. The largest absolute Gasteiger partial charge is 0.393 e. The average molecular weight is 477 g/mol. The van der Waals surface area contributed by atoms with Crippen LogP contribution in [-0.2, 0) is 4.74 Å². The Bertz CT molecular complexity index is 817. The molecule has 7 unspecified atom stereocenters. The van der Waals surface area contributed by atoms with Crippen molar-refractivity contribution < 1.29 is 20.1 Å². The summed E-state index contributed by atoms with van der Waals surface area (Å²) in [5.74, 6) is 1.59. The highest BCUT2D eigenvalue weighted by Gasteiger charge is 2.71. The quantitative estimate of drug-likeness (QED) is 0.477. The number of hydrogen-bond acceptors (Lipinski definition) is 4. The van der Waals surface area contributed by atoms with E-state index in [1.54, 1.807) is 0 Å². The summed E-state index contributed by atoms with van der Waals surface area (Å²) in [6, 6.07) is 0. The summed E-state index contributed by atoms with van der Waals surface area (Å²) in [5, 5.41) is 33.4. The first-order chi connectivity index (χ1) is 15.5. The SMILES string of the molecule is CC1(C)C(O)CCC2(C)C1CCC1(C)C2C[C@@H](O)C2C([C@]3(C)CC[C@H](C(C)(C)O)O3)CC[C@]21C. The van der Waals surface area contributed by atoms with Gasteiger partial charge in [0.1, 0.15) is 0 Å². The molecule has 0 aromatic rings. The highest BCUT2D eigenvalue weighted by Crippen LogP contribution is 2.76. The normalized spacial score (nSPS) is 57.1. The van der Waals surface area contributed by atoms with Crippen molar-refractivity contribution in [1.29, 1.82) is 0 Å². The second-order valence-electron chi connectivity index (χ2n) is 15.4. The van der Waals surface area contributed by atoms with Gasteiger partial charge in [0.25, 0.3) is 0 Å². The van der Waals surface area contributed by atoms with E-state index in [0.717, 1.165) is 44.9 Å². The monoisotopic (exact) mass is 476 g/mol. The first-order valence-electron chi connectivity index (χ1n) is 14.3.